The fourth-order valence-electron chi connectivity index (χ4n) is 3.94. The van der Waals surface area contributed by atoms with E-state index in [-0.39, 0.29) is 31.5 Å². The molecule has 7 heteroatoms. The van der Waals surface area contributed by atoms with Gasteiger partial charge in [-0.15, -0.1) is 0 Å². The van der Waals surface area contributed by atoms with Crippen molar-refractivity contribution in [3.8, 4) is 5.75 Å². The minimum absolute atomic E-state index is 0.0906. The van der Waals surface area contributed by atoms with Crippen molar-refractivity contribution in [3.63, 3.8) is 0 Å². The van der Waals surface area contributed by atoms with Gasteiger partial charge in [-0.05, 0) is 36.5 Å². The molecule has 1 fully saturated rings. The summed E-state index contributed by atoms with van der Waals surface area (Å²) < 4.78 is 16.1. The molecule has 1 N–H and O–H groups in total. The average Bonchev–Trinajstić information content (AvgIpc) is 2.69. The van der Waals surface area contributed by atoms with E-state index in [1.807, 2.05) is 27.7 Å². The lowest BCUT2D eigenvalue weighted by molar-refractivity contribution is -0.173. The van der Waals surface area contributed by atoms with Crippen LogP contribution in [0.2, 0.25) is 0 Å². The second-order valence-electron chi connectivity index (χ2n) is 9.31. The van der Waals surface area contributed by atoms with Crippen LogP contribution in [0.1, 0.15) is 52.5 Å². The largest absolute Gasteiger partial charge is 0.497 e. The van der Waals surface area contributed by atoms with E-state index in [2.05, 4.69) is 0 Å². The Kier molecular flexibility index (Phi) is 8.23. The fourth-order valence-corrected chi connectivity index (χ4v) is 3.94. The van der Waals surface area contributed by atoms with Gasteiger partial charge in [0.2, 0.25) is 0 Å². The first-order valence-electron chi connectivity index (χ1n) is 10.7. The molecule has 172 valence electrons. The molecular formula is C24H34O7. The van der Waals surface area contributed by atoms with E-state index in [1.54, 1.807) is 24.3 Å². The Labute approximate surface area is 184 Å². The number of ether oxygens (including phenoxy) is 3. The van der Waals surface area contributed by atoms with Crippen LogP contribution in [0.3, 0.4) is 0 Å². The zero-order chi connectivity index (χ0) is 23.3. The number of methoxy groups -OCH3 is 1. The first-order valence-corrected chi connectivity index (χ1v) is 10.7. The number of hydrogen-bond acceptors (Lipinski definition) is 7. The topological polar surface area (TPSA) is 99.1 Å². The summed E-state index contributed by atoms with van der Waals surface area (Å²) in [5.74, 6) is -4.36. The second kappa shape index (κ2) is 10.3. The van der Waals surface area contributed by atoms with Gasteiger partial charge in [-0.2, -0.15) is 0 Å². The quantitative estimate of drug-likeness (QED) is 0.496. The lowest BCUT2D eigenvalue weighted by Crippen LogP contribution is -2.55. The molecule has 1 saturated carbocycles. The maximum Gasteiger partial charge on any atom is 0.317 e. The number of aliphatic hydroxyl groups is 1. The Morgan fingerprint density at radius 2 is 1.68 bits per heavy atom. The minimum atomic E-state index is -1.67. The third-order valence-corrected chi connectivity index (χ3v) is 5.37. The maximum absolute atomic E-state index is 13.1. The molecule has 1 aliphatic carbocycles. The van der Waals surface area contributed by atoms with Gasteiger partial charge in [0.25, 0.3) is 0 Å². The molecule has 1 aromatic carbocycles. The van der Waals surface area contributed by atoms with Gasteiger partial charge in [-0.25, -0.2) is 0 Å². The van der Waals surface area contributed by atoms with Crippen LogP contribution in [0.5, 0.6) is 5.75 Å². The zero-order valence-corrected chi connectivity index (χ0v) is 19.2. The molecule has 0 amide bonds. The van der Waals surface area contributed by atoms with Gasteiger partial charge >= 0.3 is 11.9 Å². The van der Waals surface area contributed by atoms with Crippen LogP contribution in [-0.4, -0.2) is 48.8 Å². The van der Waals surface area contributed by atoms with Gasteiger partial charge in [-0.3, -0.25) is 14.4 Å². The summed E-state index contributed by atoms with van der Waals surface area (Å²) in [5, 5.41) is 11.1. The Hall–Kier alpha value is -2.41. The van der Waals surface area contributed by atoms with Gasteiger partial charge in [0.1, 0.15) is 11.7 Å². The van der Waals surface area contributed by atoms with Crippen molar-refractivity contribution in [2.75, 3.05) is 20.3 Å². The smallest absolute Gasteiger partial charge is 0.317 e. The Bertz CT molecular complexity index is 797. The average molecular weight is 435 g/mol. The molecule has 1 aromatic rings. The number of Topliss-reactive ketones (excluding diaryl/α,β-unsaturated/α-hetero) is 1. The highest BCUT2D eigenvalue weighted by molar-refractivity contribution is 6.02. The normalized spacial score (nSPS) is 26.1. The SMILES string of the molecule is COc1cccc(C2C(C(=O)OCC(C)C)C(=O)CC(C)(O)C2C(=O)OCC(C)C)c1. The standard InChI is InChI=1S/C24H34O7/c1-14(2)12-30-22(26)20-18(25)11-24(5,28)21(23(27)31-13-15(3)4)19(20)16-8-7-9-17(10-16)29-6/h7-10,14-15,19-21,28H,11-13H2,1-6H3. The van der Waals surface area contributed by atoms with Gasteiger partial charge in [-0.1, -0.05) is 39.8 Å². The number of hydrogen-bond donors (Lipinski definition) is 1. The van der Waals surface area contributed by atoms with E-state index in [9.17, 15) is 19.5 Å². The van der Waals surface area contributed by atoms with E-state index >= 15 is 0 Å². The molecule has 31 heavy (non-hydrogen) atoms. The summed E-state index contributed by atoms with van der Waals surface area (Å²) in [4.78, 5) is 39.1. The highest BCUT2D eigenvalue weighted by Crippen LogP contribution is 2.47. The van der Waals surface area contributed by atoms with Crippen molar-refractivity contribution < 1.29 is 33.7 Å². The molecule has 0 bridgehead atoms. The van der Waals surface area contributed by atoms with E-state index in [0.29, 0.717) is 11.3 Å². The summed E-state index contributed by atoms with van der Waals surface area (Å²) in [5.41, 5.74) is -1.14. The first kappa shape index (κ1) is 24.9. The second-order valence-corrected chi connectivity index (χ2v) is 9.31. The highest BCUT2D eigenvalue weighted by Gasteiger charge is 2.57. The van der Waals surface area contributed by atoms with Crippen LogP contribution in [0, 0.1) is 23.7 Å². The van der Waals surface area contributed by atoms with Gasteiger partial charge in [0, 0.05) is 12.3 Å². The summed E-state index contributed by atoms with van der Waals surface area (Å²) in [6, 6.07) is 6.83. The molecule has 2 rings (SSSR count). The number of carbonyl (C=O) groups excluding carboxylic acids is 3. The van der Waals surface area contributed by atoms with E-state index in [0.717, 1.165) is 0 Å². The third-order valence-electron chi connectivity index (χ3n) is 5.37. The number of esters is 2. The third kappa shape index (κ3) is 6.06. The van der Waals surface area contributed by atoms with Gasteiger partial charge in [0.15, 0.2) is 5.78 Å². The van der Waals surface area contributed by atoms with Crippen LogP contribution in [-0.2, 0) is 23.9 Å². The Morgan fingerprint density at radius 1 is 1.10 bits per heavy atom. The highest BCUT2D eigenvalue weighted by atomic mass is 16.5. The predicted molar refractivity (Wildman–Crippen MR) is 115 cm³/mol. The fraction of sp³-hybridized carbons (Fsp3) is 0.625. The molecule has 7 nitrogen and oxygen atoms in total. The minimum Gasteiger partial charge on any atom is -0.497 e. The van der Waals surface area contributed by atoms with Crippen LogP contribution in [0.25, 0.3) is 0 Å². The number of carbonyl (C=O) groups is 3. The molecule has 0 radical (unpaired) electrons. The number of rotatable bonds is 8. The predicted octanol–water partition coefficient (Wildman–Crippen LogP) is 3.13. The van der Waals surface area contributed by atoms with Gasteiger partial charge < -0.3 is 19.3 Å². The zero-order valence-electron chi connectivity index (χ0n) is 19.2. The van der Waals surface area contributed by atoms with Crippen LogP contribution in [0.4, 0.5) is 0 Å². The van der Waals surface area contributed by atoms with Crippen LogP contribution >= 0.6 is 0 Å². The molecule has 1 aliphatic rings. The van der Waals surface area contributed by atoms with E-state index < -0.39 is 41.1 Å². The molecule has 0 aliphatic heterocycles. The van der Waals surface area contributed by atoms with Crippen molar-refractivity contribution in [2.24, 2.45) is 23.7 Å². The van der Waals surface area contributed by atoms with Crippen molar-refractivity contribution in [2.45, 2.75) is 52.6 Å². The number of ketones is 1. The maximum atomic E-state index is 13.1. The Morgan fingerprint density at radius 3 is 2.23 bits per heavy atom. The molecule has 0 aromatic heterocycles. The molecular weight excluding hydrogens is 400 g/mol. The van der Waals surface area contributed by atoms with Gasteiger partial charge in [0.05, 0.1) is 31.8 Å². The summed E-state index contributed by atoms with van der Waals surface area (Å²) in [6.07, 6.45) is -0.337. The monoisotopic (exact) mass is 434 g/mol. The molecule has 0 saturated heterocycles. The van der Waals surface area contributed by atoms with Crippen molar-refractivity contribution >= 4 is 17.7 Å². The molecule has 0 spiro atoms. The van der Waals surface area contributed by atoms with Crippen molar-refractivity contribution in [3.05, 3.63) is 29.8 Å². The summed E-state index contributed by atoms with van der Waals surface area (Å²) in [7, 11) is 1.50. The van der Waals surface area contributed by atoms with Crippen LogP contribution in [0.15, 0.2) is 24.3 Å². The van der Waals surface area contributed by atoms with E-state index in [1.165, 1.54) is 14.0 Å². The molecule has 0 heterocycles. The lowest BCUT2D eigenvalue weighted by Gasteiger charge is -2.43. The molecule has 4 unspecified atom stereocenters. The van der Waals surface area contributed by atoms with Crippen molar-refractivity contribution in [1.29, 1.82) is 0 Å². The Balaban J connectivity index is 2.55. The lowest BCUT2D eigenvalue weighted by atomic mass is 9.61. The summed E-state index contributed by atoms with van der Waals surface area (Å²) in [6.45, 7) is 9.37. The number of benzene rings is 1. The first-order chi connectivity index (χ1) is 14.5. The van der Waals surface area contributed by atoms with Crippen LogP contribution < -0.4 is 4.74 Å². The summed E-state index contributed by atoms with van der Waals surface area (Å²) >= 11 is 0. The molecule has 4 atom stereocenters. The van der Waals surface area contributed by atoms with Crippen molar-refractivity contribution in [1.82, 2.24) is 0 Å². The van der Waals surface area contributed by atoms with E-state index in [4.69, 9.17) is 14.2 Å².